The van der Waals surface area contributed by atoms with Crippen molar-refractivity contribution < 1.29 is 19.5 Å². The van der Waals surface area contributed by atoms with Crippen molar-refractivity contribution in [2.24, 2.45) is 11.8 Å². The third kappa shape index (κ3) is 5.22. The third-order valence-corrected chi connectivity index (χ3v) is 5.07. The topological polar surface area (TPSA) is 86.7 Å². The molecule has 1 aliphatic carbocycles. The first-order chi connectivity index (χ1) is 11.0. The number of hydrogen-bond acceptors (Lipinski definition) is 3. The number of rotatable bonds is 7. The highest BCUT2D eigenvalue weighted by molar-refractivity contribution is 5.89. The largest absolute Gasteiger partial charge is 0.481 e. The summed E-state index contributed by atoms with van der Waals surface area (Å²) in [6, 6.07) is 0.312. The number of nitrogens with zero attached hydrogens (tertiary/aromatic N) is 1. The Hall–Kier alpha value is -1.59. The first-order valence-corrected chi connectivity index (χ1v) is 8.76. The third-order valence-electron chi connectivity index (χ3n) is 5.07. The number of hydrogen-bond donors (Lipinski definition) is 2. The summed E-state index contributed by atoms with van der Waals surface area (Å²) in [5.74, 6) is -0.277. The van der Waals surface area contributed by atoms with Gasteiger partial charge in [0.25, 0.3) is 0 Å². The van der Waals surface area contributed by atoms with Crippen LogP contribution in [0.15, 0.2) is 0 Å². The molecule has 6 heteroatoms. The van der Waals surface area contributed by atoms with E-state index in [4.69, 9.17) is 5.11 Å². The van der Waals surface area contributed by atoms with Gasteiger partial charge in [-0.1, -0.05) is 6.92 Å². The van der Waals surface area contributed by atoms with Crippen LogP contribution in [-0.4, -0.2) is 46.9 Å². The molecule has 0 spiro atoms. The molecular weight excluding hydrogens is 296 g/mol. The molecule has 0 aromatic heterocycles. The first-order valence-electron chi connectivity index (χ1n) is 8.76. The minimum Gasteiger partial charge on any atom is -0.481 e. The highest BCUT2D eigenvalue weighted by Gasteiger charge is 2.38. The summed E-state index contributed by atoms with van der Waals surface area (Å²) in [4.78, 5) is 36.7. The highest BCUT2D eigenvalue weighted by atomic mass is 16.4. The lowest BCUT2D eigenvalue weighted by atomic mass is 9.87. The molecular formula is C17H28N2O4. The fourth-order valence-corrected chi connectivity index (χ4v) is 3.57. The fourth-order valence-electron chi connectivity index (χ4n) is 3.57. The van der Waals surface area contributed by atoms with Crippen LogP contribution in [0.5, 0.6) is 0 Å². The van der Waals surface area contributed by atoms with Crippen LogP contribution in [0, 0.1) is 11.8 Å². The van der Waals surface area contributed by atoms with Crippen molar-refractivity contribution in [3.63, 3.8) is 0 Å². The molecule has 1 atom stereocenters. The van der Waals surface area contributed by atoms with Crippen molar-refractivity contribution in [1.82, 2.24) is 10.2 Å². The fraction of sp³-hybridized carbons (Fsp3) is 0.824. The van der Waals surface area contributed by atoms with E-state index in [0.29, 0.717) is 38.4 Å². The minimum atomic E-state index is -0.810. The van der Waals surface area contributed by atoms with Gasteiger partial charge >= 0.3 is 5.97 Å². The number of carbonyl (C=O) groups excluding carboxylic acids is 2. The highest BCUT2D eigenvalue weighted by Crippen LogP contribution is 2.31. The Morgan fingerprint density at radius 2 is 1.91 bits per heavy atom. The molecule has 0 radical (unpaired) electrons. The van der Waals surface area contributed by atoms with Crippen LogP contribution in [0.25, 0.3) is 0 Å². The van der Waals surface area contributed by atoms with Gasteiger partial charge in [0.05, 0.1) is 5.92 Å². The van der Waals surface area contributed by atoms with Gasteiger partial charge in [-0.3, -0.25) is 14.4 Å². The van der Waals surface area contributed by atoms with Crippen molar-refractivity contribution in [3.8, 4) is 0 Å². The van der Waals surface area contributed by atoms with Crippen LogP contribution < -0.4 is 5.32 Å². The Labute approximate surface area is 137 Å². The van der Waals surface area contributed by atoms with E-state index < -0.39 is 5.97 Å². The van der Waals surface area contributed by atoms with E-state index in [1.54, 1.807) is 0 Å². The van der Waals surface area contributed by atoms with Gasteiger partial charge in [0, 0.05) is 32.0 Å². The number of carboxylic acid groups (broad SMARTS) is 1. The van der Waals surface area contributed by atoms with Crippen molar-refractivity contribution in [3.05, 3.63) is 0 Å². The summed E-state index contributed by atoms with van der Waals surface area (Å²) in [5.41, 5.74) is 0. The van der Waals surface area contributed by atoms with E-state index in [0.717, 1.165) is 31.6 Å². The summed E-state index contributed by atoms with van der Waals surface area (Å²) in [6.45, 7) is 3.28. The molecule has 1 heterocycles. The minimum absolute atomic E-state index is 0.0691. The first kappa shape index (κ1) is 17.8. The van der Waals surface area contributed by atoms with Crippen molar-refractivity contribution in [2.75, 3.05) is 13.1 Å². The van der Waals surface area contributed by atoms with E-state index in [-0.39, 0.29) is 24.2 Å². The molecule has 2 rings (SSSR count). The summed E-state index contributed by atoms with van der Waals surface area (Å²) in [5, 5.41) is 11.4. The van der Waals surface area contributed by atoms with Crippen LogP contribution in [-0.2, 0) is 14.4 Å². The molecule has 2 N–H and O–H groups in total. The molecule has 1 unspecified atom stereocenters. The predicted octanol–water partition coefficient (Wildman–Crippen LogP) is 1.78. The Morgan fingerprint density at radius 1 is 1.22 bits per heavy atom. The number of unbranched alkanes of at least 4 members (excludes halogenated alkanes) is 1. The normalized spacial score (nSPS) is 28.0. The van der Waals surface area contributed by atoms with Crippen LogP contribution in [0.2, 0.25) is 0 Å². The Balaban J connectivity index is 1.71. The molecule has 23 heavy (non-hydrogen) atoms. The van der Waals surface area contributed by atoms with Gasteiger partial charge in [0.15, 0.2) is 0 Å². The maximum absolute atomic E-state index is 12.2. The van der Waals surface area contributed by atoms with Crippen molar-refractivity contribution in [1.29, 1.82) is 0 Å². The second-order valence-corrected chi connectivity index (χ2v) is 7.00. The Kier molecular flexibility index (Phi) is 6.42. The standard InChI is InChI=1S/C17H28N2O4/c1-12-5-7-14(8-6-12)19-11-13(10-15(19)20)17(23)18-9-3-2-4-16(21)22/h12-14H,2-11H2,1H3,(H,18,23)(H,21,22). The monoisotopic (exact) mass is 324 g/mol. The number of aliphatic carboxylic acids is 1. The second kappa shape index (κ2) is 8.31. The van der Waals surface area contributed by atoms with Crippen LogP contribution in [0.1, 0.15) is 58.3 Å². The average molecular weight is 324 g/mol. The molecule has 2 fully saturated rings. The molecule has 6 nitrogen and oxygen atoms in total. The molecule has 2 aliphatic rings. The van der Waals surface area contributed by atoms with E-state index in [1.165, 1.54) is 0 Å². The molecule has 1 saturated heterocycles. The van der Waals surface area contributed by atoms with Crippen LogP contribution in [0.3, 0.4) is 0 Å². The molecule has 0 aromatic carbocycles. The Morgan fingerprint density at radius 3 is 2.57 bits per heavy atom. The lowest BCUT2D eigenvalue weighted by molar-refractivity contribution is -0.137. The summed E-state index contributed by atoms with van der Waals surface area (Å²) in [6.07, 6.45) is 6.09. The maximum Gasteiger partial charge on any atom is 0.303 e. The van der Waals surface area contributed by atoms with Crippen LogP contribution in [0.4, 0.5) is 0 Å². The van der Waals surface area contributed by atoms with Gasteiger partial charge in [0.1, 0.15) is 0 Å². The lowest BCUT2D eigenvalue weighted by Gasteiger charge is -2.33. The zero-order valence-corrected chi connectivity index (χ0v) is 13.9. The zero-order chi connectivity index (χ0) is 16.8. The number of carboxylic acids is 1. The number of carbonyl (C=O) groups is 3. The van der Waals surface area contributed by atoms with E-state index >= 15 is 0 Å². The molecule has 0 bridgehead atoms. The zero-order valence-electron chi connectivity index (χ0n) is 13.9. The van der Waals surface area contributed by atoms with Crippen molar-refractivity contribution in [2.45, 2.75) is 64.3 Å². The SMILES string of the molecule is CC1CCC(N2CC(C(=O)NCCCCC(=O)O)CC2=O)CC1. The average Bonchev–Trinajstić information content (AvgIpc) is 2.89. The number of nitrogens with one attached hydrogen (secondary N) is 1. The van der Waals surface area contributed by atoms with Gasteiger partial charge in [-0.15, -0.1) is 0 Å². The van der Waals surface area contributed by atoms with Crippen molar-refractivity contribution >= 4 is 17.8 Å². The van der Waals surface area contributed by atoms with E-state index in [1.807, 2.05) is 4.90 Å². The molecule has 130 valence electrons. The summed E-state index contributed by atoms with van der Waals surface area (Å²) in [7, 11) is 0. The quantitative estimate of drug-likeness (QED) is 0.699. The smallest absolute Gasteiger partial charge is 0.303 e. The summed E-state index contributed by atoms with van der Waals surface area (Å²) >= 11 is 0. The second-order valence-electron chi connectivity index (χ2n) is 7.00. The van der Waals surface area contributed by atoms with Crippen LogP contribution >= 0.6 is 0 Å². The molecule has 0 aromatic rings. The maximum atomic E-state index is 12.2. The van der Waals surface area contributed by atoms with E-state index in [9.17, 15) is 14.4 Å². The van der Waals surface area contributed by atoms with Gasteiger partial charge < -0.3 is 15.3 Å². The van der Waals surface area contributed by atoms with Gasteiger partial charge in [-0.2, -0.15) is 0 Å². The van der Waals surface area contributed by atoms with Gasteiger partial charge in [-0.05, 0) is 44.4 Å². The number of likely N-dealkylation sites (tertiary alicyclic amines) is 1. The van der Waals surface area contributed by atoms with Gasteiger partial charge in [-0.25, -0.2) is 0 Å². The predicted molar refractivity (Wildman–Crippen MR) is 85.7 cm³/mol. The summed E-state index contributed by atoms with van der Waals surface area (Å²) < 4.78 is 0. The lowest BCUT2D eigenvalue weighted by Crippen LogP contribution is -2.40. The van der Waals surface area contributed by atoms with E-state index in [2.05, 4.69) is 12.2 Å². The molecule has 1 saturated carbocycles. The molecule has 2 amide bonds. The molecule has 1 aliphatic heterocycles. The number of amides is 2. The van der Waals surface area contributed by atoms with Gasteiger partial charge in [0.2, 0.25) is 11.8 Å². The Bertz CT molecular complexity index is 444.